The molecule has 2 aliphatic carbocycles. The number of fused-ring (bicyclic) bond motifs is 1. The topological polar surface area (TPSA) is 177 Å². The summed E-state index contributed by atoms with van der Waals surface area (Å²) in [5.74, 6) is -3.42. The molecular weight excluding hydrogens is 614 g/mol. The number of rotatable bonds is 12. The van der Waals surface area contributed by atoms with E-state index < -0.39 is 70.5 Å². The summed E-state index contributed by atoms with van der Waals surface area (Å²) in [7, 11) is 0. The molecule has 4 rings (SSSR count). The smallest absolute Gasteiger partial charge is 0.329 e. The monoisotopic (exact) mass is 667 g/mol. The second-order valence-electron chi connectivity index (χ2n) is 16.5. The fraction of sp³-hybridized carbons (Fsp3) is 0.667. The van der Waals surface area contributed by atoms with Gasteiger partial charge < -0.3 is 31.3 Å². The molecular formula is C36H53N5O7. The van der Waals surface area contributed by atoms with Crippen molar-refractivity contribution in [3.8, 4) is 0 Å². The van der Waals surface area contributed by atoms with E-state index in [4.69, 9.17) is 10.5 Å². The van der Waals surface area contributed by atoms with E-state index in [1.165, 1.54) is 4.90 Å². The lowest BCUT2D eigenvalue weighted by Gasteiger charge is -2.38. The summed E-state index contributed by atoms with van der Waals surface area (Å²) in [6, 6.07) is 4.45. The molecule has 12 nitrogen and oxygen atoms in total. The van der Waals surface area contributed by atoms with Crippen LogP contribution in [0.15, 0.2) is 30.3 Å². The Kier molecular flexibility index (Phi) is 10.7. The molecule has 12 heteroatoms. The van der Waals surface area contributed by atoms with Crippen LogP contribution < -0.4 is 21.7 Å². The van der Waals surface area contributed by atoms with Crippen LogP contribution in [0.1, 0.15) is 86.6 Å². The standard InChI is InChI=1S/C36H53N5O7/c1-34(2,3)27(39-33(47)40-28(35(4,5)6)32(46)48-19-21-13-10-9-11-14-21)31(45)41-18-22-24(36(22,7)8)25(41)30(44)38-23(26(42)29(37)43)17-20-15-12-16-20/h9-11,13-14,20,22-25,27-28H,12,15-19H2,1-8H3,(H2,37,43)(H,38,44)(H2,39,40,47)/t22-,23?,24-,25-,27+,28+/m0/s1. The van der Waals surface area contributed by atoms with Crippen LogP contribution in [0.5, 0.6) is 0 Å². The van der Waals surface area contributed by atoms with Crippen LogP contribution >= 0.6 is 0 Å². The van der Waals surface area contributed by atoms with Crippen LogP contribution in [0.3, 0.4) is 0 Å². The van der Waals surface area contributed by atoms with E-state index in [1.807, 2.05) is 44.2 Å². The zero-order chi connectivity index (χ0) is 35.8. The molecule has 1 aromatic rings. The molecule has 1 aromatic carbocycles. The van der Waals surface area contributed by atoms with Crippen molar-refractivity contribution in [3.63, 3.8) is 0 Å². The molecule has 1 saturated heterocycles. The summed E-state index contributed by atoms with van der Waals surface area (Å²) in [4.78, 5) is 81.0. The molecule has 3 fully saturated rings. The number of urea groups is 1. The molecule has 0 aromatic heterocycles. The van der Waals surface area contributed by atoms with E-state index in [9.17, 15) is 28.8 Å². The molecule has 0 bridgehead atoms. The average Bonchev–Trinajstić information content (AvgIpc) is 3.28. The SMILES string of the molecule is CC(C)(C)[C@H](NC(=O)N[C@H](C(=O)N1C[C@H]2[C@@H]([C@H]1C(=O)NC(CC1CCC1)C(=O)C(N)=O)C2(C)C)C(C)(C)C)C(=O)OCc1ccccc1. The van der Waals surface area contributed by atoms with Crippen molar-refractivity contribution in [3.05, 3.63) is 35.9 Å². The molecule has 264 valence electrons. The number of nitrogens with two attached hydrogens (primary N) is 1. The minimum absolute atomic E-state index is 0.0439. The molecule has 2 saturated carbocycles. The lowest BCUT2D eigenvalue weighted by molar-refractivity contribution is -0.150. The fourth-order valence-corrected chi connectivity index (χ4v) is 7.09. The largest absolute Gasteiger partial charge is 0.459 e. The van der Waals surface area contributed by atoms with Crippen molar-refractivity contribution in [1.29, 1.82) is 0 Å². The van der Waals surface area contributed by atoms with Crippen LogP contribution in [0, 0.1) is 34.0 Å². The molecule has 0 radical (unpaired) electrons. The van der Waals surface area contributed by atoms with Crippen LogP contribution in [-0.2, 0) is 35.3 Å². The van der Waals surface area contributed by atoms with Crippen LogP contribution in [-0.4, -0.2) is 71.1 Å². The Balaban J connectivity index is 1.50. The number of esters is 1. The van der Waals surface area contributed by atoms with Crippen molar-refractivity contribution < 1.29 is 33.5 Å². The van der Waals surface area contributed by atoms with E-state index in [0.29, 0.717) is 13.0 Å². The number of Topliss-reactive ketones (excluding diaryl/α,β-unsaturated/α-hetero) is 1. The van der Waals surface area contributed by atoms with Gasteiger partial charge in [0.15, 0.2) is 0 Å². The molecule has 1 heterocycles. The van der Waals surface area contributed by atoms with Crippen LogP contribution in [0.4, 0.5) is 4.79 Å². The number of carbonyl (C=O) groups is 6. The van der Waals surface area contributed by atoms with Gasteiger partial charge in [-0.2, -0.15) is 0 Å². The number of likely N-dealkylation sites (tertiary alicyclic amines) is 1. The summed E-state index contributed by atoms with van der Waals surface area (Å²) in [5, 5.41) is 8.30. The van der Waals surface area contributed by atoms with Gasteiger partial charge in [-0.25, -0.2) is 9.59 Å². The van der Waals surface area contributed by atoms with Gasteiger partial charge in [-0.3, -0.25) is 19.2 Å². The summed E-state index contributed by atoms with van der Waals surface area (Å²) in [6.45, 7) is 15.3. The highest BCUT2D eigenvalue weighted by Gasteiger charge is 2.70. The van der Waals surface area contributed by atoms with Crippen molar-refractivity contribution in [2.45, 2.75) is 112 Å². The maximum absolute atomic E-state index is 14.3. The maximum Gasteiger partial charge on any atom is 0.329 e. The summed E-state index contributed by atoms with van der Waals surface area (Å²) < 4.78 is 5.54. The Morgan fingerprint density at radius 2 is 1.50 bits per heavy atom. The van der Waals surface area contributed by atoms with Crippen molar-refractivity contribution in [2.24, 2.45) is 39.7 Å². The second-order valence-corrected chi connectivity index (χ2v) is 16.5. The number of ether oxygens (including phenoxy) is 1. The van der Waals surface area contributed by atoms with E-state index in [1.54, 1.807) is 41.5 Å². The number of benzene rings is 1. The highest BCUT2D eigenvalue weighted by Crippen LogP contribution is 2.65. The summed E-state index contributed by atoms with van der Waals surface area (Å²) in [6.07, 6.45) is 3.16. The average molecular weight is 668 g/mol. The first-order chi connectivity index (χ1) is 22.2. The lowest BCUT2D eigenvalue weighted by atomic mass is 9.80. The lowest BCUT2D eigenvalue weighted by Crippen LogP contribution is -2.62. The number of hydrogen-bond acceptors (Lipinski definition) is 7. The minimum atomic E-state index is -1.11. The third-order valence-corrected chi connectivity index (χ3v) is 10.4. The van der Waals surface area contributed by atoms with Gasteiger partial charge in [0.05, 0.1) is 6.04 Å². The summed E-state index contributed by atoms with van der Waals surface area (Å²) >= 11 is 0. The van der Waals surface area contributed by atoms with Crippen LogP contribution in [0.25, 0.3) is 0 Å². The van der Waals surface area contributed by atoms with Gasteiger partial charge in [-0.1, -0.05) is 105 Å². The number of primary amides is 1. The quantitative estimate of drug-likeness (QED) is 0.196. The highest BCUT2D eigenvalue weighted by molar-refractivity contribution is 6.37. The Bertz CT molecular complexity index is 1410. The second kappa shape index (κ2) is 13.9. The minimum Gasteiger partial charge on any atom is -0.459 e. The third-order valence-electron chi connectivity index (χ3n) is 10.4. The van der Waals surface area contributed by atoms with E-state index in [0.717, 1.165) is 24.8 Å². The Morgan fingerprint density at radius 3 is 2.02 bits per heavy atom. The van der Waals surface area contributed by atoms with E-state index in [-0.39, 0.29) is 29.8 Å². The first-order valence-electron chi connectivity index (χ1n) is 17.0. The van der Waals surface area contributed by atoms with Crippen molar-refractivity contribution in [2.75, 3.05) is 6.54 Å². The normalized spacial score (nSPS) is 23.4. The molecule has 1 unspecified atom stereocenters. The third kappa shape index (κ3) is 8.18. The van der Waals surface area contributed by atoms with Gasteiger partial charge in [-0.15, -0.1) is 0 Å². The van der Waals surface area contributed by atoms with Crippen molar-refractivity contribution >= 4 is 35.5 Å². The number of piperidine rings is 1. The Labute approximate surface area is 283 Å². The molecule has 48 heavy (non-hydrogen) atoms. The number of ketones is 1. The number of amides is 5. The van der Waals surface area contributed by atoms with Gasteiger partial charge in [0.1, 0.15) is 24.7 Å². The molecule has 1 aliphatic heterocycles. The Hall–Kier alpha value is -3.96. The van der Waals surface area contributed by atoms with Gasteiger partial charge >= 0.3 is 12.0 Å². The summed E-state index contributed by atoms with van der Waals surface area (Å²) in [5.41, 5.74) is 4.44. The first-order valence-corrected chi connectivity index (χ1v) is 17.0. The maximum atomic E-state index is 14.3. The van der Waals surface area contributed by atoms with Gasteiger partial charge in [0.25, 0.3) is 5.91 Å². The highest BCUT2D eigenvalue weighted by atomic mass is 16.5. The number of nitrogens with one attached hydrogen (secondary N) is 3. The van der Waals surface area contributed by atoms with Gasteiger partial charge in [-0.05, 0) is 46.0 Å². The van der Waals surface area contributed by atoms with E-state index in [2.05, 4.69) is 16.0 Å². The van der Waals surface area contributed by atoms with Crippen molar-refractivity contribution in [1.82, 2.24) is 20.9 Å². The fourth-order valence-electron chi connectivity index (χ4n) is 7.09. The van der Waals surface area contributed by atoms with Gasteiger partial charge in [0, 0.05) is 6.54 Å². The van der Waals surface area contributed by atoms with Gasteiger partial charge in [0.2, 0.25) is 17.6 Å². The predicted octanol–water partition coefficient (Wildman–Crippen LogP) is 3.07. The Morgan fingerprint density at radius 1 is 0.917 bits per heavy atom. The molecule has 6 atom stereocenters. The number of hydrogen-bond donors (Lipinski definition) is 4. The molecule has 0 spiro atoms. The zero-order valence-corrected chi connectivity index (χ0v) is 29.6. The number of carbonyl (C=O) groups excluding carboxylic acids is 6. The molecule has 5 N–H and O–H groups in total. The first kappa shape index (κ1) is 36.9. The predicted molar refractivity (Wildman–Crippen MR) is 179 cm³/mol. The zero-order valence-electron chi connectivity index (χ0n) is 29.6. The van der Waals surface area contributed by atoms with Crippen LogP contribution in [0.2, 0.25) is 0 Å². The molecule has 3 aliphatic rings. The number of nitrogens with zero attached hydrogens (tertiary/aromatic N) is 1. The molecule has 5 amide bonds. The van der Waals surface area contributed by atoms with E-state index >= 15 is 0 Å².